The van der Waals surface area contributed by atoms with Gasteiger partial charge in [-0.3, -0.25) is 4.79 Å². The molecule has 0 aliphatic rings. The van der Waals surface area contributed by atoms with E-state index in [2.05, 4.69) is 25.6 Å². The average Bonchev–Trinajstić information content (AvgIpc) is 2.31. The maximum atomic E-state index is 11.2. The van der Waals surface area contributed by atoms with Crippen molar-refractivity contribution in [3.63, 3.8) is 0 Å². The van der Waals surface area contributed by atoms with Crippen LogP contribution in [0.5, 0.6) is 0 Å². The topological polar surface area (TPSA) is 43.1 Å². The number of primary amides is 1. The average molecular weight is 229 g/mol. The quantitative estimate of drug-likeness (QED) is 0.775. The number of carbonyl (C=O) groups is 1. The Labute approximate surface area is 103 Å². The number of hydrogen-bond acceptors (Lipinski definition) is 1. The van der Waals surface area contributed by atoms with Crippen LogP contribution in [0, 0.1) is 12.8 Å². The highest BCUT2D eigenvalue weighted by Crippen LogP contribution is 2.25. The lowest BCUT2D eigenvalue weighted by Gasteiger charge is -2.14. The van der Waals surface area contributed by atoms with Crippen molar-refractivity contribution in [2.45, 2.75) is 20.3 Å². The lowest BCUT2D eigenvalue weighted by atomic mass is 9.91. The molecule has 1 atom stereocenters. The molecule has 2 N–H and O–H groups in total. The van der Waals surface area contributed by atoms with Crippen LogP contribution in [-0.2, 0) is 4.79 Å². The molecular formula is C15H19NO. The summed E-state index contributed by atoms with van der Waals surface area (Å²) < 4.78 is 0. The van der Waals surface area contributed by atoms with Crippen LogP contribution in [0.1, 0.15) is 24.5 Å². The third-order valence-electron chi connectivity index (χ3n) is 2.93. The Balaban J connectivity index is 2.98. The Hall–Kier alpha value is -1.83. The molecule has 0 spiro atoms. The molecule has 0 fully saturated rings. The van der Waals surface area contributed by atoms with Crippen LogP contribution in [0.15, 0.2) is 43.0 Å². The van der Waals surface area contributed by atoms with Crippen LogP contribution in [-0.4, -0.2) is 5.91 Å². The Morgan fingerprint density at radius 1 is 1.47 bits per heavy atom. The fourth-order valence-corrected chi connectivity index (χ4v) is 1.85. The number of hydrogen-bond donors (Lipinski definition) is 1. The second kappa shape index (κ2) is 6.04. The maximum Gasteiger partial charge on any atom is 0.224 e. The minimum absolute atomic E-state index is 0.305. The lowest BCUT2D eigenvalue weighted by Crippen LogP contribution is -2.21. The van der Waals surface area contributed by atoms with Gasteiger partial charge in [0.25, 0.3) is 0 Å². The third-order valence-corrected chi connectivity index (χ3v) is 2.93. The summed E-state index contributed by atoms with van der Waals surface area (Å²) in [4.78, 5) is 11.2. The first-order valence-corrected chi connectivity index (χ1v) is 5.73. The van der Waals surface area contributed by atoms with Crippen LogP contribution in [0.2, 0.25) is 0 Å². The van der Waals surface area contributed by atoms with Gasteiger partial charge in [0.05, 0.1) is 5.92 Å². The molecule has 90 valence electrons. The summed E-state index contributed by atoms with van der Waals surface area (Å²) in [5.41, 5.74) is 8.83. The van der Waals surface area contributed by atoms with Crippen molar-refractivity contribution in [3.05, 3.63) is 54.1 Å². The first-order valence-electron chi connectivity index (χ1n) is 5.73. The zero-order valence-electron chi connectivity index (χ0n) is 10.4. The molecule has 1 rings (SSSR count). The van der Waals surface area contributed by atoms with Crippen LogP contribution in [0.25, 0.3) is 5.57 Å². The van der Waals surface area contributed by atoms with Gasteiger partial charge in [0.1, 0.15) is 0 Å². The van der Waals surface area contributed by atoms with Gasteiger partial charge in [-0.05, 0) is 37.0 Å². The molecular weight excluding hydrogens is 210 g/mol. The second-order valence-corrected chi connectivity index (χ2v) is 4.08. The molecule has 0 aliphatic carbocycles. The molecule has 0 aliphatic heterocycles. The second-order valence-electron chi connectivity index (χ2n) is 4.08. The molecule has 17 heavy (non-hydrogen) atoms. The van der Waals surface area contributed by atoms with Gasteiger partial charge >= 0.3 is 0 Å². The molecule has 0 heterocycles. The number of rotatable bonds is 5. The van der Waals surface area contributed by atoms with Crippen LogP contribution in [0.3, 0.4) is 0 Å². The zero-order valence-corrected chi connectivity index (χ0v) is 10.4. The van der Waals surface area contributed by atoms with E-state index in [4.69, 9.17) is 5.73 Å². The van der Waals surface area contributed by atoms with E-state index < -0.39 is 0 Å². The van der Waals surface area contributed by atoms with E-state index in [-0.39, 0.29) is 11.8 Å². The molecule has 0 radical (unpaired) electrons. The molecule has 1 amide bonds. The SMILES string of the molecule is C=CC(C/C(=C/C)c1ccccc1C)C(N)=O. The molecule has 1 aromatic carbocycles. The highest BCUT2D eigenvalue weighted by molar-refractivity contribution is 5.81. The number of nitrogens with two attached hydrogens (primary N) is 1. The Morgan fingerprint density at radius 2 is 2.12 bits per heavy atom. The smallest absolute Gasteiger partial charge is 0.224 e. The molecule has 0 saturated carbocycles. The number of allylic oxidation sites excluding steroid dienone is 2. The molecule has 0 bridgehead atoms. The van der Waals surface area contributed by atoms with E-state index in [1.807, 2.05) is 25.1 Å². The van der Waals surface area contributed by atoms with E-state index >= 15 is 0 Å². The van der Waals surface area contributed by atoms with Crippen molar-refractivity contribution < 1.29 is 4.79 Å². The van der Waals surface area contributed by atoms with E-state index in [0.717, 1.165) is 5.57 Å². The summed E-state index contributed by atoms with van der Waals surface area (Å²) in [5.74, 6) is -0.631. The highest BCUT2D eigenvalue weighted by Gasteiger charge is 2.14. The van der Waals surface area contributed by atoms with Gasteiger partial charge in [-0.2, -0.15) is 0 Å². The Bertz CT molecular complexity index is 446. The molecule has 2 heteroatoms. The Kier molecular flexibility index (Phi) is 4.70. The molecule has 1 unspecified atom stereocenters. The molecule has 0 saturated heterocycles. The van der Waals surface area contributed by atoms with Gasteiger partial charge in [-0.15, -0.1) is 6.58 Å². The van der Waals surface area contributed by atoms with Gasteiger partial charge in [-0.1, -0.05) is 36.4 Å². The summed E-state index contributed by atoms with van der Waals surface area (Å²) in [5, 5.41) is 0. The van der Waals surface area contributed by atoms with Crippen molar-refractivity contribution in [3.8, 4) is 0 Å². The largest absolute Gasteiger partial charge is 0.369 e. The van der Waals surface area contributed by atoms with Crippen molar-refractivity contribution in [2.75, 3.05) is 0 Å². The van der Waals surface area contributed by atoms with Crippen molar-refractivity contribution in [1.29, 1.82) is 0 Å². The van der Waals surface area contributed by atoms with Gasteiger partial charge < -0.3 is 5.73 Å². The highest BCUT2D eigenvalue weighted by atomic mass is 16.1. The summed E-state index contributed by atoms with van der Waals surface area (Å²) in [6, 6.07) is 8.13. The summed E-state index contributed by atoms with van der Waals surface area (Å²) in [6.07, 6.45) is 4.26. The minimum atomic E-state index is -0.326. The van der Waals surface area contributed by atoms with Gasteiger partial charge in [-0.25, -0.2) is 0 Å². The van der Waals surface area contributed by atoms with Gasteiger partial charge in [0.15, 0.2) is 0 Å². The van der Waals surface area contributed by atoms with Crippen molar-refractivity contribution >= 4 is 11.5 Å². The fourth-order valence-electron chi connectivity index (χ4n) is 1.85. The predicted octanol–water partition coefficient (Wildman–Crippen LogP) is 3.08. The molecule has 1 aromatic rings. The number of amides is 1. The number of benzene rings is 1. The number of carbonyl (C=O) groups excluding carboxylic acids is 1. The fraction of sp³-hybridized carbons (Fsp3) is 0.267. The molecule has 2 nitrogen and oxygen atoms in total. The zero-order chi connectivity index (χ0) is 12.8. The van der Waals surface area contributed by atoms with Crippen LogP contribution in [0.4, 0.5) is 0 Å². The number of aryl methyl sites for hydroxylation is 1. The van der Waals surface area contributed by atoms with E-state index in [1.165, 1.54) is 11.1 Å². The third kappa shape index (κ3) is 3.31. The van der Waals surface area contributed by atoms with E-state index in [9.17, 15) is 4.79 Å². The van der Waals surface area contributed by atoms with Crippen molar-refractivity contribution in [2.24, 2.45) is 11.7 Å². The normalized spacial score (nSPS) is 13.2. The van der Waals surface area contributed by atoms with E-state index in [0.29, 0.717) is 6.42 Å². The summed E-state index contributed by atoms with van der Waals surface area (Å²) in [7, 11) is 0. The van der Waals surface area contributed by atoms with Crippen LogP contribution >= 0.6 is 0 Å². The standard InChI is InChI=1S/C15H19NO/c1-4-12(10-13(5-2)15(16)17)14-9-7-6-8-11(14)3/h4-9,13H,2,10H2,1,3H3,(H2,16,17)/b12-4-. The Morgan fingerprint density at radius 3 is 2.59 bits per heavy atom. The lowest BCUT2D eigenvalue weighted by molar-refractivity contribution is -0.120. The molecule has 0 aromatic heterocycles. The predicted molar refractivity (Wildman–Crippen MR) is 72.3 cm³/mol. The van der Waals surface area contributed by atoms with Crippen molar-refractivity contribution in [1.82, 2.24) is 0 Å². The van der Waals surface area contributed by atoms with Gasteiger partial charge in [0.2, 0.25) is 5.91 Å². The monoisotopic (exact) mass is 229 g/mol. The van der Waals surface area contributed by atoms with Crippen LogP contribution < -0.4 is 5.73 Å². The van der Waals surface area contributed by atoms with Gasteiger partial charge in [0, 0.05) is 0 Å². The summed E-state index contributed by atoms with van der Waals surface area (Å²) in [6.45, 7) is 7.69. The first kappa shape index (κ1) is 13.2. The van der Waals surface area contributed by atoms with E-state index in [1.54, 1.807) is 6.08 Å². The summed E-state index contributed by atoms with van der Waals surface area (Å²) >= 11 is 0. The first-order chi connectivity index (χ1) is 8.10. The minimum Gasteiger partial charge on any atom is -0.369 e. The maximum absolute atomic E-state index is 11.2.